The van der Waals surface area contributed by atoms with E-state index in [0.717, 1.165) is 41.0 Å². The maximum atomic E-state index is 12.0. The highest BCUT2D eigenvalue weighted by molar-refractivity contribution is 8.01. The molecule has 26 heavy (non-hydrogen) atoms. The van der Waals surface area contributed by atoms with Gasteiger partial charge in [-0.05, 0) is 37.3 Å². The largest absolute Gasteiger partial charge is 0.376 e. The topological polar surface area (TPSA) is 76.1 Å². The van der Waals surface area contributed by atoms with Crippen LogP contribution >= 0.6 is 23.1 Å². The zero-order valence-electron chi connectivity index (χ0n) is 15.1. The van der Waals surface area contributed by atoms with Crippen molar-refractivity contribution in [2.75, 3.05) is 24.2 Å². The number of nitrogens with one attached hydrogen (secondary N) is 2. The predicted octanol–water partition coefficient (Wildman–Crippen LogP) is 3.54. The minimum Gasteiger partial charge on any atom is -0.376 e. The molecule has 1 aromatic carbocycles. The van der Waals surface area contributed by atoms with E-state index in [-0.39, 0.29) is 12.0 Å². The van der Waals surface area contributed by atoms with Crippen LogP contribution in [0.25, 0.3) is 0 Å². The zero-order valence-corrected chi connectivity index (χ0v) is 16.7. The molecule has 6 nitrogen and oxygen atoms in total. The molecule has 1 unspecified atom stereocenters. The number of carbonyl (C=O) groups excluding carboxylic acids is 1. The van der Waals surface area contributed by atoms with E-state index in [9.17, 15) is 4.79 Å². The lowest BCUT2D eigenvalue weighted by molar-refractivity contribution is -0.119. The first-order chi connectivity index (χ1) is 12.7. The first-order valence-corrected chi connectivity index (χ1v) is 10.7. The number of rotatable bonds is 8. The van der Waals surface area contributed by atoms with Gasteiger partial charge in [0.2, 0.25) is 11.0 Å². The third-order valence-corrected chi connectivity index (χ3v) is 6.23. The number of nitrogens with zero attached hydrogens (tertiary/aromatic N) is 2. The molecule has 1 atom stereocenters. The van der Waals surface area contributed by atoms with Crippen LogP contribution in [0.5, 0.6) is 0 Å². The molecule has 0 saturated carbocycles. The molecule has 2 aromatic rings. The normalized spacial score (nSPS) is 16.6. The fourth-order valence-corrected chi connectivity index (χ4v) is 4.43. The van der Waals surface area contributed by atoms with E-state index < -0.39 is 0 Å². The van der Waals surface area contributed by atoms with Gasteiger partial charge >= 0.3 is 0 Å². The van der Waals surface area contributed by atoms with Gasteiger partial charge < -0.3 is 15.4 Å². The minimum absolute atomic E-state index is 0.00221. The van der Waals surface area contributed by atoms with Crippen molar-refractivity contribution < 1.29 is 9.53 Å². The zero-order chi connectivity index (χ0) is 18.4. The van der Waals surface area contributed by atoms with E-state index in [2.05, 4.69) is 52.9 Å². The summed E-state index contributed by atoms with van der Waals surface area (Å²) in [5.41, 5.74) is 3.53. The summed E-state index contributed by atoms with van der Waals surface area (Å²) in [6, 6.07) is 6.26. The van der Waals surface area contributed by atoms with Crippen molar-refractivity contribution in [1.29, 1.82) is 0 Å². The molecule has 1 amide bonds. The molecule has 8 heteroatoms. The van der Waals surface area contributed by atoms with Gasteiger partial charge in [-0.25, -0.2) is 0 Å². The van der Waals surface area contributed by atoms with E-state index >= 15 is 0 Å². The van der Waals surface area contributed by atoms with Crippen LogP contribution in [0.3, 0.4) is 0 Å². The van der Waals surface area contributed by atoms with Crippen LogP contribution in [0, 0.1) is 6.92 Å². The number of para-hydroxylation sites is 1. The maximum Gasteiger partial charge on any atom is 0.230 e. The third-order valence-electron chi connectivity index (χ3n) is 4.26. The second kappa shape index (κ2) is 9.34. The lowest BCUT2D eigenvalue weighted by atomic mass is 10.1. The Morgan fingerprint density at radius 3 is 3.08 bits per heavy atom. The van der Waals surface area contributed by atoms with Crippen molar-refractivity contribution >= 4 is 39.8 Å². The number of hydrogen-bond acceptors (Lipinski definition) is 7. The number of carbonyl (C=O) groups is 1. The van der Waals surface area contributed by atoms with E-state index in [1.165, 1.54) is 34.2 Å². The van der Waals surface area contributed by atoms with E-state index in [4.69, 9.17) is 4.74 Å². The average Bonchev–Trinajstić information content (AvgIpc) is 3.31. The Hall–Kier alpha value is -1.64. The summed E-state index contributed by atoms with van der Waals surface area (Å²) in [6.45, 7) is 5.61. The highest BCUT2D eigenvalue weighted by Crippen LogP contribution is 2.30. The summed E-state index contributed by atoms with van der Waals surface area (Å²) in [6.07, 6.45) is 3.23. The van der Waals surface area contributed by atoms with Crippen LogP contribution in [-0.2, 0) is 16.0 Å². The molecule has 1 aromatic heterocycles. The molecule has 140 valence electrons. The van der Waals surface area contributed by atoms with Crippen molar-refractivity contribution in [2.24, 2.45) is 0 Å². The lowest BCUT2D eigenvalue weighted by Gasteiger charge is -2.11. The number of thioether (sulfide) groups is 1. The molecule has 0 spiro atoms. The summed E-state index contributed by atoms with van der Waals surface area (Å²) in [5.74, 6) is 0.341. The van der Waals surface area contributed by atoms with Crippen LogP contribution in [0.15, 0.2) is 22.5 Å². The van der Waals surface area contributed by atoms with Gasteiger partial charge in [-0.2, -0.15) is 0 Å². The van der Waals surface area contributed by atoms with Gasteiger partial charge in [0.15, 0.2) is 4.34 Å². The number of aryl methyl sites for hydroxylation is 2. The van der Waals surface area contributed by atoms with Gasteiger partial charge in [0.05, 0.1) is 11.9 Å². The molecule has 1 fully saturated rings. The molecule has 0 radical (unpaired) electrons. The Balaban J connectivity index is 1.49. The van der Waals surface area contributed by atoms with Gasteiger partial charge in [0.1, 0.15) is 0 Å². The number of benzene rings is 1. The number of anilines is 2. The monoisotopic (exact) mass is 392 g/mol. The summed E-state index contributed by atoms with van der Waals surface area (Å²) >= 11 is 2.87. The molecular weight excluding hydrogens is 368 g/mol. The molecule has 1 aliphatic rings. The van der Waals surface area contributed by atoms with Gasteiger partial charge in [-0.1, -0.05) is 48.2 Å². The Labute approximate surface area is 162 Å². The van der Waals surface area contributed by atoms with Crippen molar-refractivity contribution in [3.8, 4) is 0 Å². The summed E-state index contributed by atoms with van der Waals surface area (Å²) < 4.78 is 6.29. The van der Waals surface area contributed by atoms with Crippen molar-refractivity contribution in [3.05, 3.63) is 29.3 Å². The summed E-state index contributed by atoms with van der Waals surface area (Å²) in [7, 11) is 0. The number of amides is 1. The molecule has 0 aliphatic carbocycles. The van der Waals surface area contributed by atoms with Crippen LogP contribution in [0.4, 0.5) is 10.8 Å². The number of aromatic nitrogens is 2. The standard InChI is InChI=1S/C18H24N4O2S2/c1-3-13-7-4-6-12(2)16(13)20-17-21-22-18(26-17)25-11-15(23)19-10-14-8-5-9-24-14/h4,6-7,14H,3,5,8-11H2,1-2H3,(H,19,23)(H,20,21). The summed E-state index contributed by atoms with van der Waals surface area (Å²) in [4.78, 5) is 12.0. The second-order valence-corrected chi connectivity index (χ2v) is 8.39. The number of hydrogen-bond donors (Lipinski definition) is 2. The second-order valence-electron chi connectivity index (χ2n) is 6.19. The quantitative estimate of drug-likeness (QED) is 0.669. The van der Waals surface area contributed by atoms with Crippen LogP contribution in [0.1, 0.15) is 30.9 Å². The number of ether oxygens (including phenoxy) is 1. The fourth-order valence-electron chi connectivity index (χ4n) is 2.84. The van der Waals surface area contributed by atoms with Crippen LogP contribution in [-0.4, -0.2) is 41.1 Å². The SMILES string of the molecule is CCc1cccc(C)c1Nc1nnc(SCC(=O)NCC2CCCO2)s1. The fraction of sp³-hybridized carbons (Fsp3) is 0.500. The Morgan fingerprint density at radius 2 is 2.31 bits per heavy atom. The molecule has 1 aliphatic heterocycles. The average molecular weight is 393 g/mol. The molecule has 3 rings (SSSR count). The first kappa shape index (κ1) is 19.1. The lowest BCUT2D eigenvalue weighted by Crippen LogP contribution is -2.32. The van der Waals surface area contributed by atoms with Gasteiger partial charge in [0.25, 0.3) is 0 Å². The minimum atomic E-state index is 0.00221. The van der Waals surface area contributed by atoms with E-state index in [1.807, 2.05) is 0 Å². The van der Waals surface area contributed by atoms with Crippen molar-refractivity contribution in [3.63, 3.8) is 0 Å². The van der Waals surface area contributed by atoms with Crippen molar-refractivity contribution in [2.45, 2.75) is 43.6 Å². The highest BCUT2D eigenvalue weighted by atomic mass is 32.2. The van der Waals surface area contributed by atoms with Crippen LogP contribution < -0.4 is 10.6 Å². The molecule has 0 bridgehead atoms. The Bertz CT molecular complexity index is 745. The molecule has 1 saturated heterocycles. The van der Waals surface area contributed by atoms with Crippen molar-refractivity contribution in [1.82, 2.24) is 15.5 Å². The molecular formula is C18H24N4O2S2. The van der Waals surface area contributed by atoms with Gasteiger partial charge in [0, 0.05) is 18.8 Å². The predicted molar refractivity (Wildman–Crippen MR) is 106 cm³/mol. The molecule has 2 heterocycles. The highest BCUT2D eigenvalue weighted by Gasteiger charge is 2.16. The Kier molecular flexibility index (Phi) is 6.87. The summed E-state index contributed by atoms with van der Waals surface area (Å²) in [5, 5.41) is 15.4. The van der Waals surface area contributed by atoms with E-state index in [1.54, 1.807) is 0 Å². The van der Waals surface area contributed by atoms with E-state index in [0.29, 0.717) is 12.3 Å². The van der Waals surface area contributed by atoms with Crippen LogP contribution in [0.2, 0.25) is 0 Å². The van der Waals surface area contributed by atoms with Gasteiger partial charge in [-0.15, -0.1) is 10.2 Å². The smallest absolute Gasteiger partial charge is 0.230 e. The first-order valence-electron chi connectivity index (χ1n) is 8.86. The molecule has 2 N–H and O–H groups in total. The third kappa shape index (κ3) is 5.18. The van der Waals surface area contributed by atoms with Gasteiger partial charge in [-0.3, -0.25) is 4.79 Å². The maximum absolute atomic E-state index is 12.0. The Morgan fingerprint density at radius 1 is 1.42 bits per heavy atom.